The van der Waals surface area contributed by atoms with E-state index < -0.39 is 0 Å². The molecule has 2 aliphatic heterocycles. The highest BCUT2D eigenvalue weighted by Crippen LogP contribution is 2.39. The van der Waals surface area contributed by atoms with Crippen molar-refractivity contribution < 1.29 is 23.5 Å². The van der Waals surface area contributed by atoms with Crippen LogP contribution in [-0.4, -0.2) is 68.6 Å². The molecule has 1 unspecified atom stereocenters. The van der Waals surface area contributed by atoms with Gasteiger partial charge in [0.25, 0.3) is 5.91 Å². The van der Waals surface area contributed by atoms with Crippen molar-refractivity contribution in [1.29, 1.82) is 0 Å². The molecule has 0 saturated carbocycles. The lowest BCUT2D eigenvalue weighted by Gasteiger charge is -2.48. The molecule has 2 saturated heterocycles. The molecule has 8 heteroatoms. The zero-order chi connectivity index (χ0) is 19.4. The second kappa shape index (κ2) is 8.12. The van der Waals surface area contributed by atoms with E-state index in [1.807, 2.05) is 4.90 Å². The minimum atomic E-state index is -0.382. The van der Waals surface area contributed by atoms with Gasteiger partial charge in [-0.3, -0.25) is 14.4 Å². The zero-order valence-corrected chi connectivity index (χ0v) is 15.9. The standard InChI is InChI=1S/C19H26N2O6/c1-25-9-8-20-12-19(6-4-17(20)23)5-3-7-21(13-19)18(24)15-10-14(22)16(26-2)11-27-15/h10-11H,3-9,12-13H2,1-2H3. The Bertz CT molecular complexity index is 761. The van der Waals surface area contributed by atoms with Crippen LogP contribution in [0.3, 0.4) is 0 Å². The molecule has 1 spiro atoms. The quantitative estimate of drug-likeness (QED) is 0.763. The van der Waals surface area contributed by atoms with Crippen molar-refractivity contribution in [3.8, 4) is 5.75 Å². The highest BCUT2D eigenvalue weighted by atomic mass is 16.5. The fourth-order valence-electron chi connectivity index (χ4n) is 4.04. The highest BCUT2D eigenvalue weighted by Gasteiger charge is 2.43. The lowest BCUT2D eigenvalue weighted by atomic mass is 9.73. The minimum Gasteiger partial charge on any atom is -0.490 e. The first-order valence-electron chi connectivity index (χ1n) is 9.21. The molecule has 0 bridgehead atoms. The maximum absolute atomic E-state index is 12.8. The monoisotopic (exact) mass is 378 g/mol. The maximum Gasteiger partial charge on any atom is 0.289 e. The van der Waals surface area contributed by atoms with Crippen molar-refractivity contribution in [2.24, 2.45) is 5.41 Å². The molecule has 0 radical (unpaired) electrons. The van der Waals surface area contributed by atoms with Crippen molar-refractivity contribution in [2.75, 3.05) is 47.0 Å². The van der Waals surface area contributed by atoms with Gasteiger partial charge < -0.3 is 23.7 Å². The van der Waals surface area contributed by atoms with Gasteiger partial charge in [-0.15, -0.1) is 0 Å². The topological polar surface area (TPSA) is 89.3 Å². The number of carbonyl (C=O) groups is 2. The van der Waals surface area contributed by atoms with Crippen molar-refractivity contribution in [1.82, 2.24) is 9.80 Å². The summed E-state index contributed by atoms with van der Waals surface area (Å²) in [6.07, 6.45) is 4.26. The predicted molar refractivity (Wildman–Crippen MR) is 96.8 cm³/mol. The molecule has 1 aromatic heterocycles. The lowest BCUT2D eigenvalue weighted by molar-refractivity contribution is -0.139. The smallest absolute Gasteiger partial charge is 0.289 e. The first-order valence-corrected chi connectivity index (χ1v) is 9.21. The summed E-state index contributed by atoms with van der Waals surface area (Å²) in [6, 6.07) is 1.18. The molecular weight excluding hydrogens is 352 g/mol. The first-order chi connectivity index (χ1) is 13.0. The van der Waals surface area contributed by atoms with E-state index in [-0.39, 0.29) is 34.2 Å². The van der Waals surface area contributed by atoms with Crippen LogP contribution >= 0.6 is 0 Å². The SMILES string of the molecule is COCCN1CC2(CCCN(C(=O)c3cc(=O)c(OC)co3)C2)CCC1=O. The van der Waals surface area contributed by atoms with Crippen LogP contribution in [-0.2, 0) is 9.53 Å². The maximum atomic E-state index is 12.8. The number of amides is 2. The lowest BCUT2D eigenvalue weighted by Crippen LogP contribution is -2.55. The molecule has 27 heavy (non-hydrogen) atoms. The van der Waals surface area contributed by atoms with Gasteiger partial charge >= 0.3 is 0 Å². The number of ether oxygens (including phenoxy) is 2. The van der Waals surface area contributed by atoms with Gasteiger partial charge in [0.2, 0.25) is 17.1 Å². The van der Waals surface area contributed by atoms with Crippen LogP contribution in [0, 0.1) is 5.41 Å². The van der Waals surface area contributed by atoms with Crippen LogP contribution in [0.2, 0.25) is 0 Å². The average molecular weight is 378 g/mol. The third-order valence-electron chi connectivity index (χ3n) is 5.49. The van der Waals surface area contributed by atoms with Gasteiger partial charge in [-0.2, -0.15) is 0 Å². The predicted octanol–water partition coefficient (Wildman–Crippen LogP) is 1.14. The Morgan fingerprint density at radius 1 is 1.26 bits per heavy atom. The van der Waals surface area contributed by atoms with Crippen LogP contribution in [0.5, 0.6) is 5.75 Å². The first kappa shape index (κ1) is 19.4. The van der Waals surface area contributed by atoms with E-state index in [0.717, 1.165) is 19.3 Å². The molecule has 0 N–H and O–H groups in total. The van der Waals surface area contributed by atoms with Gasteiger partial charge in [-0.25, -0.2) is 0 Å². The fourth-order valence-corrected chi connectivity index (χ4v) is 4.04. The van der Waals surface area contributed by atoms with Crippen LogP contribution in [0.4, 0.5) is 0 Å². The minimum absolute atomic E-state index is 0.0148. The van der Waals surface area contributed by atoms with Crippen molar-refractivity contribution in [2.45, 2.75) is 25.7 Å². The molecule has 3 rings (SSSR count). The summed E-state index contributed by atoms with van der Waals surface area (Å²) in [5.41, 5.74) is -0.490. The molecular formula is C19H26N2O6. The number of hydrogen-bond acceptors (Lipinski definition) is 6. The summed E-state index contributed by atoms with van der Waals surface area (Å²) < 4.78 is 15.3. The van der Waals surface area contributed by atoms with E-state index in [4.69, 9.17) is 13.9 Å². The summed E-state index contributed by atoms with van der Waals surface area (Å²) in [7, 11) is 3.00. The van der Waals surface area contributed by atoms with Gasteiger partial charge in [0.1, 0.15) is 6.26 Å². The van der Waals surface area contributed by atoms with E-state index >= 15 is 0 Å². The summed E-state index contributed by atoms with van der Waals surface area (Å²) in [6.45, 7) is 2.87. The Hall–Kier alpha value is -2.35. The molecule has 2 amide bonds. The molecule has 0 aromatic carbocycles. The molecule has 2 fully saturated rings. The van der Waals surface area contributed by atoms with E-state index in [0.29, 0.717) is 39.2 Å². The number of carbonyl (C=O) groups excluding carboxylic acids is 2. The van der Waals surface area contributed by atoms with E-state index in [2.05, 4.69) is 0 Å². The molecule has 148 valence electrons. The number of likely N-dealkylation sites (tertiary alicyclic amines) is 2. The van der Waals surface area contributed by atoms with Gasteiger partial charge in [0, 0.05) is 51.2 Å². The normalized spacial score (nSPS) is 23.0. The van der Waals surface area contributed by atoms with Gasteiger partial charge in [0.15, 0.2) is 5.76 Å². The van der Waals surface area contributed by atoms with Gasteiger partial charge in [-0.1, -0.05) is 0 Å². The zero-order valence-electron chi connectivity index (χ0n) is 15.9. The molecule has 2 aliphatic rings. The van der Waals surface area contributed by atoms with Crippen LogP contribution in [0.1, 0.15) is 36.2 Å². The Balaban J connectivity index is 1.73. The van der Waals surface area contributed by atoms with Crippen molar-refractivity contribution >= 4 is 11.8 Å². The Morgan fingerprint density at radius 3 is 2.78 bits per heavy atom. The summed E-state index contributed by atoms with van der Waals surface area (Å²) >= 11 is 0. The Labute approximate surface area is 158 Å². The number of piperidine rings is 2. The molecule has 1 aromatic rings. The second-order valence-electron chi connectivity index (χ2n) is 7.32. The van der Waals surface area contributed by atoms with Crippen LogP contribution in [0.25, 0.3) is 0 Å². The molecule has 0 aliphatic carbocycles. The third kappa shape index (κ3) is 4.16. The number of methoxy groups -OCH3 is 2. The number of nitrogens with zero attached hydrogens (tertiary/aromatic N) is 2. The van der Waals surface area contributed by atoms with Crippen LogP contribution < -0.4 is 10.2 Å². The Morgan fingerprint density at radius 2 is 2.07 bits per heavy atom. The highest BCUT2D eigenvalue weighted by molar-refractivity contribution is 5.91. The van der Waals surface area contributed by atoms with Crippen molar-refractivity contribution in [3.63, 3.8) is 0 Å². The molecule has 3 heterocycles. The number of hydrogen-bond donors (Lipinski definition) is 0. The summed E-state index contributed by atoms with van der Waals surface area (Å²) in [4.78, 5) is 40.5. The molecule has 8 nitrogen and oxygen atoms in total. The summed E-state index contributed by atoms with van der Waals surface area (Å²) in [5.74, 6) is -0.0707. The average Bonchev–Trinajstić information content (AvgIpc) is 2.68. The largest absolute Gasteiger partial charge is 0.490 e. The second-order valence-corrected chi connectivity index (χ2v) is 7.32. The van der Waals surface area contributed by atoms with E-state index in [9.17, 15) is 14.4 Å². The Kier molecular flexibility index (Phi) is 5.84. The number of rotatable bonds is 5. The van der Waals surface area contributed by atoms with Crippen LogP contribution in [0.15, 0.2) is 21.5 Å². The fraction of sp³-hybridized carbons (Fsp3) is 0.632. The van der Waals surface area contributed by atoms with E-state index in [1.54, 1.807) is 12.0 Å². The third-order valence-corrected chi connectivity index (χ3v) is 5.49. The molecule has 1 atom stereocenters. The van der Waals surface area contributed by atoms with Crippen molar-refractivity contribution in [3.05, 3.63) is 28.3 Å². The van der Waals surface area contributed by atoms with Gasteiger partial charge in [0.05, 0.1) is 13.7 Å². The van der Waals surface area contributed by atoms with Gasteiger partial charge in [-0.05, 0) is 19.3 Å². The summed E-state index contributed by atoms with van der Waals surface area (Å²) in [5, 5.41) is 0. The van der Waals surface area contributed by atoms with E-state index in [1.165, 1.54) is 19.4 Å².